The molecular formula is C19H29N3O. The largest absolute Gasteiger partial charge is 0.372 e. The summed E-state index contributed by atoms with van der Waals surface area (Å²) in [6.07, 6.45) is 6.41. The Kier molecular flexibility index (Phi) is 5.55. The lowest BCUT2D eigenvalue weighted by atomic mass is 10.0. The molecule has 1 aromatic rings. The molecule has 0 radical (unpaired) electrons. The van der Waals surface area contributed by atoms with E-state index in [0.717, 1.165) is 31.9 Å². The SMILES string of the molecule is CC1CCCN(CC(=O)Nc2ccc(N3CCCCC3)cc2)C1. The number of nitrogens with one attached hydrogen (secondary N) is 1. The van der Waals surface area contributed by atoms with Crippen LogP contribution < -0.4 is 10.2 Å². The van der Waals surface area contributed by atoms with Gasteiger partial charge in [0.2, 0.25) is 5.91 Å². The lowest BCUT2D eigenvalue weighted by Crippen LogP contribution is -2.39. The number of anilines is 2. The fraction of sp³-hybridized carbons (Fsp3) is 0.632. The molecule has 1 aromatic carbocycles. The van der Waals surface area contributed by atoms with Gasteiger partial charge in [-0.2, -0.15) is 0 Å². The van der Waals surface area contributed by atoms with Gasteiger partial charge in [0.05, 0.1) is 6.54 Å². The fourth-order valence-corrected chi connectivity index (χ4v) is 3.74. The van der Waals surface area contributed by atoms with Crippen LogP contribution in [0.2, 0.25) is 0 Å². The first-order valence-corrected chi connectivity index (χ1v) is 9.08. The maximum Gasteiger partial charge on any atom is 0.238 e. The van der Waals surface area contributed by atoms with E-state index in [4.69, 9.17) is 0 Å². The Morgan fingerprint density at radius 1 is 1.09 bits per heavy atom. The summed E-state index contributed by atoms with van der Waals surface area (Å²) in [4.78, 5) is 16.9. The third kappa shape index (κ3) is 4.71. The molecule has 2 saturated heterocycles. The molecule has 1 N–H and O–H groups in total. The highest BCUT2D eigenvalue weighted by Gasteiger charge is 2.18. The van der Waals surface area contributed by atoms with Gasteiger partial charge in [-0.15, -0.1) is 0 Å². The summed E-state index contributed by atoms with van der Waals surface area (Å²) in [6, 6.07) is 8.31. The second-order valence-corrected chi connectivity index (χ2v) is 7.13. The number of piperidine rings is 2. The Labute approximate surface area is 139 Å². The minimum absolute atomic E-state index is 0.102. The van der Waals surface area contributed by atoms with Gasteiger partial charge in [0, 0.05) is 31.0 Å². The van der Waals surface area contributed by atoms with Gasteiger partial charge in [-0.05, 0) is 68.8 Å². The van der Waals surface area contributed by atoms with Gasteiger partial charge in [0.25, 0.3) is 0 Å². The van der Waals surface area contributed by atoms with Gasteiger partial charge >= 0.3 is 0 Å². The van der Waals surface area contributed by atoms with E-state index in [9.17, 15) is 4.79 Å². The highest BCUT2D eigenvalue weighted by Crippen LogP contribution is 2.22. The molecule has 0 saturated carbocycles. The number of carbonyl (C=O) groups excluding carboxylic acids is 1. The number of likely N-dealkylation sites (tertiary alicyclic amines) is 1. The third-order valence-electron chi connectivity index (χ3n) is 4.98. The summed E-state index contributed by atoms with van der Waals surface area (Å²) in [6.45, 7) is 7.17. The molecule has 0 aromatic heterocycles. The molecule has 4 nitrogen and oxygen atoms in total. The van der Waals surface area contributed by atoms with E-state index >= 15 is 0 Å². The summed E-state index contributed by atoms with van der Waals surface area (Å²) >= 11 is 0. The van der Waals surface area contributed by atoms with E-state index in [1.54, 1.807) is 0 Å². The third-order valence-corrected chi connectivity index (χ3v) is 4.98. The molecule has 2 aliphatic heterocycles. The summed E-state index contributed by atoms with van der Waals surface area (Å²) in [7, 11) is 0. The van der Waals surface area contributed by atoms with Crippen LogP contribution in [0.25, 0.3) is 0 Å². The van der Waals surface area contributed by atoms with Crippen LogP contribution in [-0.4, -0.2) is 43.5 Å². The first kappa shape index (κ1) is 16.3. The Morgan fingerprint density at radius 3 is 2.52 bits per heavy atom. The molecular weight excluding hydrogens is 286 g/mol. The van der Waals surface area contributed by atoms with Crippen molar-refractivity contribution in [3.05, 3.63) is 24.3 Å². The molecule has 1 amide bonds. The van der Waals surface area contributed by atoms with Crippen LogP contribution in [0, 0.1) is 5.92 Å². The van der Waals surface area contributed by atoms with Gasteiger partial charge in [0.15, 0.2) is 0 Å². The van der Waals surface area contributed by atoms with Crippen molar-refractivity contribution in [2.75, 3.05) is 42.9 Å². The monoisotopic (exact) mass is 315 g/mol. The van der Waals surface area contributed by atoms with Gasteiger partial charge in [-0.1, -0.05) is 6.92 Å². The number of rotatable bonds is 4. The zero-order valence-corrected chi connectivity index (χ0v) is 14.3. The number of nitrogens with zero attached hydrogens (tertiary/aromatic N) is 2. The van der Waals surface area contributed by atoms with Crippen molar-refractivity contribution in [2.24, 2.45) is 5.92 Å². The van der Waals surface area contributed by atoms with Crippen molar-refractivity contribution < 1.29 is 4.79 Å². The van der Waals surface area contributed by atoms with Crippen molar-refractivity contribution in [1.29, 1.82) is 0 Å². The summed E-state index contributed by atoms with van der Waals surface area (Å²) in [5, 5.41) is 3.04. The predicted octanol–water partition coefficient (Wildman–Crippen LogP) is 3.35. The smallest absolute Gasteiger partial charge is 0.238 e. The lowest BCUT2D eigenvalue weighted by Gasteiger charge is -2.30. The first-order chi connectivity index (χ1) is 11.2. The number of hydrogen-bond donors (Lipinski definition) is 1. The van der Waals surface area contributed by atoms with E-state index in [1.165, 1.54) is 37.8 Å². The molecule has 23 heavy (non-hydrogen) atoms. The molecule has 2 heterocycles. The van der Waals surface area contributed by atoms with Crippen molar-refractivity contribution >= 4 is 17.3 Å². The maximum atomic E-state index is 12.2. The van der Waals surface area contributed by atoms with Gasteiger partial charge in [0.1, 0.15) is 0 Å². The summed E-state index contributed by atoms with van der Waals surface area (Å²) in [5.74, 6) is 0.810. The van der Waals surface area contributed by atoms with Crippen LogP contribution in [0.5, 0.6) is 0 Å². The number of benzene rings is 1. The number of amides is 1. The van der Waals surface area contributed by atoms with Crippen LogP contribution in [0.1, 0.15) is 39.0 Å². The first-order valence-electron chi connectivity index (χ1n) is 9.08. The molecule has 4 heteroatoms. The number of hydrogen-bond acceptors (Lipinski definition) is 3. The summed E-state index contributed by atoms with van der Waals surface area (Å²) < 4.78 is 0. The average molecular weight is 315 g/mol. The molecule has 0 spiro atoms. The predicted molar refractivity (Wildman–Crippen MR) is 96.0 cm³/mol. The molecule has 3 rings (SSSR count). The maximum absolute atomic E-state index is 12.2. The van der Waals surface area contributed by atoms with Gasteiger partial charge in [-0.25, -0.2) is 0 Å². The van der Waals surface area contributed by atoms with Crippen LogP contribution in [-0.2, 0) is 4.79 Å². The standard InChI is InChI=1S/C19H29N3O/c1-16-6-5-11-21(14-16)15-19(23)20-17-7-9-18(10-8-17)22-12-3-2-4-13-22/h7-10,16H,2-6,11-15H2,1H3,(H,20,23). The fourth-order valence-electron chi connectivity index (χ4n) is 3.74. The van der Waals surface area contributed by atoms with Crippen molar-refractivity contribution in [2.45, 2.75) is 39.0 Å². The highest BCUT2D eigenvalue weighted by molar-refractivity contribution is 5.92. The van der Waals surface area contributed by atoms with Crippen LogP contribution in [0.4, 0.5) is 11.4 Å². The minimum atomic E-state index is 0.102. The molecule has 0 aliphatic carbocycles. The normalized spacial score (nSPS) is 22.8. The Hall–Kier alpha value is -1.55. The molecule has 0 bridgehead atoms. The molecule has 126 valence electrons. The second-order valence-electron chi connectivity index (χ2n) is 7.13. The number of carbonyl (C=O) groups is 1. The average Bonchev–Trinajstić information content (AvgIpc) is 2.56. The molecule has 2 aliphatic rings. The quantitative estimate of drug-likeness (QED) is 0.925. The van der Waals surface area contributed by atoms with E-state index in [0.29, 0.717) is 12.5 Å². The second kappa shape index (κ2) is 7.82. The van der Waals surface area contributed by atoms with Crippen LogP contribution in [0.3, 0.4) is 0 Å². The lowest BCUT2D eigenvalue weighted by molar-refractivity contribution is -0.117. The molecule has 2 fully saturated rings. The molecule has 1 atom stereocenters. The Morgan fingerprint density at radius 2 is 1.83 bits per heavy atom. The minimum Gasteiger partial charge on any atom is -0.372 e. The zero-order valence-electron chi connectivity index (χ0n) is 14.3. The van der Waals surface area contributed by atoms with Crippen molar-refractivity contribution in [1.82, 2.24) is 4.90 Å². The van der Waals surface area contributed by atoms with E-state index in [2.05, 4.69) is 34.2 Å². The van der Waals surface area contributed by atoms with E-state index < -0.39 is 0 Å². The van der Waals surface area contributed by atoms with Crippen molar-refractivity contribution in [3.63, 3.8) is 0 Å². The topological polar surface area (TPSA) is 35.6 Å². The van der Waals surface area contributed by atoms with E-state index in [-0.39, 0.29) is 5.91 Å². The van der Waals surface area contributed by atoms with Gasteiger partial charge < -0.3 is 10.2 Å². The zero-order chi connectivity index (χ0) is 16.1. The van der Waals surface area contributed by atoms with Crippen molar-refractivity contribution in [3.8, 4) is 0 Å². The molecule has 1 unspecified atom stereocenters. The van der Waals surface area contributed by atoms with Crippen LogP contribution in [0.15, 0.2) is 24.3 Å². The van der Waals surface area contributed by atoms with Gasteiger partial charge in [-0.3, -0.25) is 9.69 Å². The van der Waals surface area contributed by atoms with E-state index in [1.807, 2.05) is 12.1 Å². The Balaban J connectivity index is 1.50. The Bertz CT molecular complexity index is 508. The highest BCUT2D eigenvalue weighted by atomic mass is 16.2. The van der Waals surface area contributed by atoms with Crippen LogP contribution >= 0.6 is 0 Å². The summed E-state index contributed by atoms with van der Waals surface area (Å²) in [5.41, 5.74) is 2.17.